The monoisotopic (exact) mass is 329 g/mol. The van der Waals surface area contributed by atoms with E-state index in [0.717, 1.165) is 31.6 Å². The second kappa shape index (κ2) is 6.20. The lowest BCUT2D eigenvalue weighted by atomic mass is 9.92. The summed E-state index contributed by atoms with van der Waals surface area (Å²) in [5.41, 5.74) is 1.58. The second-order valence-corrected chi connectivity index (χ2v) is 5.85. The van der Waals surface area contributed by atoms with E-state index in [1.54, 1.807) is 12.5 Å². The van der Waals surface area contributed by atoms with E-state index in [4.69, 9.17) is 13.6 Å². The van der Waals surface area contributed by atoms with Crippen molar-refractivity contribution in [2.24, 2.45) is 7.05 Å². The molecule has 0 spiro atoms. The molecule has 24 heavy (non-hydrogen) atoms. The summed E-state index contributed by atoms with van der Waals surface area (Å²) in [5.74, 6) is 1.60. The van der Waals surface area contributed by atoms with Gasteiger partial charge < -0.3 is 13.6 Å². The molecule has 8 nitrogen and oxygen atoms in total. The number of ether oxygens (including phenoxy) is 1. The van der Waals surface area contributed by atoms with Crippen LogP contribution in [-0.4, -0.2) is 31.6 Å². The van der Waals surface area contributed by atoms with Crippen molar-refractivity contribution in [1.29, 1.82) is 0 Å². The molecule has 0 saturated carbocycles. The summed E-state index contributed by atoms with van der Waals surface area (Å²) in [5, 5.41) is 12.6. The Labute approximate surface area is 138 Å². The minimum Gasteiger partial charge on any atom is -0.448 e. The van der Waals surface area contributed by atoms with Crippen molar-refractivity contribution in [3.8, 4) is 11.6 Å². The maximum atomic E-state index is 5.98. The Morgan fingerprint density at radius 1 is 1.33 bits per heavy atom. The minimum absolute atomic E-state index is 0.00736. The number of nitrogens with zero attached hydrogens (tertiary/aromatic N) is 5. The van der Waals surface area contributed by atoms with Gasteiger partial charge in [0.25, 0.3) is 5.89 Å². The number of rotatable bonds is 4. The SMILES string of the molecule is CCc1nc(-c2nnc([C@@H]3CCCO[C@H]3c3ccnn3C)o2)co1. The fourth-order valence-electron chi connectivity index (χ4n) is 3.05. The van der Waals surface area contributed by atoms with Crippen molar-refractivity contribution in [3.05, 3.63) is 36.0 Å². The lowest BCUT2D eigenvalue weighted by molar-refractivity contribution is -0.0135. The van der Waals surface area contributed by atoms with Gasteiger partial charge in [0.15, 0.2) is 11.6 Å². The molecule has 1 fully saturated rings. The lowest BCUT2D eigenvalue weighted by Crippen LogP contribution is -2.23. The van der Waals surface area contributed by atoms with E-state index in [-0.39, 0.29) is 12.0 Å². The van der Waals surface area contributed by atoms with Crippen LogP contribution in [0.3, 0.4) is 0 Å². The first-order chi connectivity index (χ1) is 11.8. The third kappa shape index (κ3) is 2.62. The van der Waals surface area contributed by atoms with Crippen LogP contribution in [0.15, 0.2) is 27.4 Å². The van der Waals surface area contributed by atoms with Crippen LogP contribution in [0.2, 0.25) is 0 Å². The van der Waals surface area contributed by atoms with E-state index in [0.29, 0.717) is 23.4 Å². The Bertz CT molecular complexity index is 821. The molecular weight excluding hydrogens is 310 g/mol. The summed E-state index contributed by atoms with van der Waals surface area (Å²) < 4.78 is 19.0. The third-order valence-electron chi connectivity index (χ3n) is 4.30. The second-order valence-electron chi connectivity index (χ2n) is 5.85. The molecule has 3 aromatic heterocycles. The molecule has 0 aromatic carbocycles. The van der Waals surface area contributed by atoms with Gasteiger partial charge in [0.2, 0.25) is 5.89 Å². The van der Waals surface area contributed by atoms with Gasteiger partial charge in [-0.1, -0.05) is 6.92 Å². The molecule has 0 radical (unpaired) electrons. The van der Waals surface area contributed by atoms with Crippen molar-refractivity contribution in [3.63, 3.8) is 0 Å². The molecule has 1 saturated heterocycles. The van der Waals surface area contributed by atoms with Crippen molar-refractivity contribution >= 4 is 0 Å². The molecule has 0 aliphatic carbocycles. The summed E-state index contributed by atoms with van der Waals surface area (Å²) >= 11 is 0. The quantitative estimate of drug-likeness (QED) is 0.726. The van der Waals surface area contributed by atoms with Crippen LogP contribution in [0.25, 0.3) is 11.6 Å². The standard InChI is InChI=1S/C16H19N5O3/c1-3-13-18-11(9-23-13)16-20-19-15(24-16)10-5-4-8-22-14(10)12-6-7-17-21(12)2/h6-7,9-10,14H,3-5,8H2,1-2H3/t10-,14-/m1/s1. The van der Waals surface area contributed by atoms with Gasteiger partial charge in [-0.2, -0.15) is 5.10 Å². The lowest BCUT2D eigenvalue weighted by Gasteiger charge is -2.29. The Balaban J connectivity index is 1.63. The predicted molar refractivity (Wildman–Crippen MR) is 83.0 cm³/mol. The molecule has 3 aromatic rings. The predicted octanol–water partition coefficient (Wildman–Crippen LogP) is 2.66. The molecule has 0 bridgehead atoms. The zero-order valence-corrected chi connectivity index (χ0v) is 13.7. The molecule has 4 heterocycles. The van der Waals surface area contributed by atoms with Gasteiger partial charge in [0, 0.05) is 26.3 Å². The third-order valence-corrected chi connectivity index (χ3v) is 4.30. The van der Waals surface area contributed by atoms with Crippen LogP contribution in [0.1, 0.15) is 49.3 Å². The van der Waals surface area contributed by atoms with Crippen LogP contribution in [-0.2, 0) is 18.2 Å². The highest BCUT2D eigenvalue weighted by molar-refractivity contribution is 5.43. The highest BCUT2D eigenvalue weighted by atomic mass is 16.5. The van der Waals surface area contributed by atoms with Gasteiger partial charge >= 0.3 is 0 Å². The summed E-state index contributed by atoms with van der Waals surface area (Å²) in [7, 11) is 1.91. The van der Waals surface area contributed by atoms with E-state index < -0.39 is 0 Å². The Morgan fingerprint density at radius 3 is 3.00 bits per heavy atom. The molecule has 4 rings (SSSR count). The Kier molecular flexibility index (Phi) is 3.89. The molecule has 8 heteroatoms. The highest BCUT2D eigenvalue weighted by Gasteiger charge is 2.34. The van der Waals surface area contributed by atoms with Crippen LogP contribution in [0, 0.1) is 0 Å². The van der Waals surface area contributed by atoms with Crippen LogP contribution >= 0.6 is 0 Å². The molecular formula is C16H19N5O3. The van der Waals surface area contributed by atoms with Crippen molar-refractivity contribution in [2.45, 2.75) is 38.2 Å². The largest absolute Gasteiger partial charge is 0.448 e. The van der Waals surface area contributed by atoms with Gasteiger partial charge in [-0.15, -0.1) is 10.2 Å². The van der Waals surface area contributed by atoms with Gasteiger partial charge in [-0.05, 0) is 18.9 Å². The molecule has 0 amide bonds. The number of hydrogen-bond donors (Lipinski definition) is 0. The molecule has 0 N–H and O–H groups in total. The van der Waals surface area contributed by atoms with Gasteiger partial charge in [0.05, 0.1) is 11.6 Å². The smallest absolute Gasteiger partial charge is 0.269 e. The normalized spacial score (nSPS) is 21.2. The van der Waals surface area contributed by atoms with E-state index in [1.807, 2.05) is 24.7 Å². The molecule has 1 aliphatic heterocycles. The van der Waals surface area contributed by atoms with E-state index in [1.165, 1.54) is 0 Å². The summed E-state index contributed by atoms with van der Waals surface area (Å²) in [6, 6.07) is 1.96. The molecule has 0 unspecified atom stereocenters. The first-order valence-electron chi connectivity index (χ1n) is 8.14. The van der Waals surface area contributed by atoms with E-state index >= 15 is 0 Å². The van der Waals surface area contributed by atoms with Crippen LogP contribution in [0.5, 0.6) is 0 Å². The van der Waals surface area contributed by atoms with Gasteiger partial charge in [0.1, 0.15) is 12.4 Å². The Hall–Kier alpha value is -2.48. The maximum absolute atomic E-state index is 5.98. The average molecular weight is 329 g/mol. The number of hydrogen-bond acceptors (Lipinski definition) is 7. The fourth-order valence-corrected chi connectivity index (χ4v) is 3.05. The molecule has 2 atom stereocenters. The van der Waals surface area contributed by atoms with Gasteiger partial charge in [-0.3, -0.25) is 4.68 Å². The van der Waals surface area contributed by atoms with Crippen LogP contribution in [0.4, 0.5) is 0 Å². The first-order valence-corrected chi connectivity index (χ1v) is 8.14. The van der Waals surface area contributed by atoms with E-state index in [2.05, 4.69) is 20.3 Å². The number of aromatic nitrogens is 5. The average Bonchev–Trinajstić information content (AvgIpc) is 3.34. The fraction of sp³-hybridized carbons (Fsp3) is 0.500. The highest BCUT2D eigenvalue weighted by Crippen LogP contribution is 2.40. The van der Waals surface area contributed by atoms with Crippen molar-refractivity contribution < 1.29 is 13.6 Å². The Morgan fingerprint density at radius 2 is 2.25 bits per heavy atom. The summed E-state index contributed by atoms with van der Waals surface area (Å²) in [6.45, 7) is 2.70. The van der Waals surface area contributed by atoms with E-state index in [9.17, 15) is 0 Å². The topological polar surface area (TPSA) is 92.0 Å². The number of oxazole rings is 1. The molecule has 1 aliphatic rings. The van der Waals surface area contributed by atoms with Crippen molar-refractivity contribution in [2.75, 3.05) is 6.61 Å². The minimum atomic E-state index is -0.136. The summed E-state index contributed by atoms with van der Waals surface area (Å²) in [4.78, 5) is 4.33. The number of aryl methyl sites for hydroxylation is 2. The molecule has 126 valence electrons. The zero-order chi connectivity index (χ0) is 16.5. The maximum Gasteiger partial charge on any atom is 0.269 e. The van der Waals surface area contributed by atoms with Gasteiger partial charge in [-0.25, -0.2) is 4.98 Å². The summed E-state index contributed by atoms with van der Waals surface area (Å²) in [6.07, 6.45) is 5.79. The first kappa shape index (κ1) is 15.1. The zero-order valence-electron chi connectivity index (χ0n) is 13.7. The van der Waals surface area contributed by atoms with Crippen LogP contribution < -0.4 is 0 Å². The van der Waals surface area contributed by atoms with Crippen molar-refractivity contribution in [1.82, 2.24) is 25.0 Å².